The SMILES string of the molecule is C[C@H](NC(=O)c1ccc(Cl)cc1Cl)c1nnc(SCC(=O)Nc2cccc(Cl)c2)n1C. The van der Waals surface area contributed by atoms with Crippen molar-refractivity contribution in [3.63, 3.8) is 0 Å². The number of benzene rings is 2. The van der Waals surface area contributed by atoms with E-state index in [0.29, 0.717) is 32.3 Å². The van der Waals surface area contributed by atoms with E-state index in [-0.39, 0.29) is 22.6 Å². The van der Waals surface area contributed by atoms with Crippen LogP contribution in [0.5, 0.6) is 0 Å². The Labute approximate surface area is 198 Å². The molecule has 1 aromatic heterocycles. The number of nitrogens with one attached hydrogen (secondary N) is 2. The molecule has 7 nitrogen and oxygen atoms in total. The zero-order valence-corrected chi connectivity index (χ0v) is 19.6. The van der Waals surface area contributed by atoms with E-state index in [4.69, 9.17) is 34.8 Å². The van der Waals surface area contributed by atoms with Crippen LogP contribution < -0.4 is 10.6 Å². The summed E-state index contributed by atoms with van der Waals surface area (Å²) in [5, 5.41) is 15.7. The van der Waals surface area contributed by atoms with Gasteiger partial charge in [-0.05, 0) is 43.3 Å². The fourth-order valence-corrected chi connectivity index (χ4v) is 4.14. The third kappa shape index (κ3) is 6.13. The third-order valence-electron chi connectivity index (χ3n) is 4.22. The summed E-state index contributed by atoms with van der Waals surface area (Å²) in [6.45, 7) is 1.78. The number of thioether (sulfide) groups is 1. The van der Waals surface area contributed by atoms with Crippen molar-refractivity contribution in [1.29, 1.82) is 0 Å². The van der Waals surface area contributed by atoms with Crippen molar-refractivity contribution in [1.82, 2.24) is 20.1 Å². The number of rotatable bonds is 7. The van der Waals surface area contributed by atoms with Gasteiger partial charge in [0.05, 0.1) is 22.4 Å². The molecule has 1 atom stereocenters. The van der Waals surface area contributed by atoms with E-state index in [9.17, 15) is 9.59 Å². The fraction of sp³-hybridized carbons (Fsp3) is 0.200. The molecule has 11 heteroatoms. The lowest BCUT2D eigenvalue weighted by atomic mass is 10.2. The smallest absolute Gasteiger partial charge is 0.253 e. The Balaban J connectivity index is 1.59. The predicted octanol–water partition coefficient (Wildman–Crippen LogP) is 5.00. The third-order valence-corrected chi connectivity index (χ3v) is 6.02. The molecule has 0 radical (unpaired) electrons. The number of hydrogen-bond acceptors (Lipinski definition) is 5. The van der Waals surface area contributed by atoms with Gasteiger partial charge in [0.15, 0.2) is 11.0 Å². The number of halogens is 3. The first kappa shape index (κ1) is 23.4. The molecule has 0 fully saturated rings. The Morgan fingerprint density at radius 2 is 1.84 bits per heavy atom. The van der Waals surface area contributed by atoms with E-state index >= 15 is 0 Å². The van der Waals surface area contributed by atoms with Gasteiger partial charge in [0.1, 0.15) is 0 Å². The van der Waals surface area contributed by atoms with Crippen LogP contribution in [-0.4, -0.2) is 32.3 Å². The van der Waals surface area contributed by atoms with Crippen LogP contribution in [0.1, 0.15) is 29.1 Å². The first-order chi connectivity index (χ1) is 14.7. The average molecular weight is 499 g/mol. The summed E-state index contributed by atoms with van der Waals surface area (Å²) in [6.07, 6.45) is 0. The van der Waals surface area contributed by atoms with Gasteiger partial charge in [-0.25, -0.2) is 0 Å². The van der Waals surface area contributed by atoms with Gasteiger partial charge in [-0.1, -0.05) is 52.6 Å². The zero-order chi connectivity index (χ0) is 22.5. The summed E-state index contributed by atoms with van der Waals surface area (Å²) in [4.78, 5) is 24.7. The molecule has 2 N–H and O–H groups in total. The Kier molecular flexibility index (Phi) is 7.83. The first-order valence-corrected chi connectivity index (χ1v) is 11.2. The normalized spacial score (nSPS) is 11.8. The number of carbonyl (C=O) groups excluding carboxylic acids is 2. The van der Waals surface area contributed by atoms with Crippen molar-refractivity contribution in [3.05, 3.63) is 68.9 Å². The van der Waals surface area contributed by atoms with E-state index in [1.807, 2.05) is 0 Å². The van der Waals surface area contributed by atoms with Gasteiger partial charge >= 0.3 is 0 Å². The van der Waals surface area contributed by atoms with Gasteiger partial charge in [0.2, 0.25) is 5.91 Å². The second-order valence-electron chi connectivity index (χ2n) is 6.57. The number of nitrogens with zero attached hydrogens (tertiary/aromatic N) is 3. The molecule has 0 aliphatic heterocycles. The number of amides is 2. The van der Waals surface area contributed by atoms with Crippen molar-refractivity contribution in [2.75, 3.05) is 11.1 Å². The molecular weight excluding hydrogens is 481 g/mol. The molecule has 162 valence electrons. The van der Waals surface area contributed by atoms with Crippen molar-refractivity contribution in [2.24, 2.45) is 7.05 Å². The molecule has 3 aromatic rings. The Hall–Kier alpha value is -2.26. The summed E-state index contributed by atoms with van der Waals surface area (Å²) in [5.74, 6) is 0.124. The monoisotopic (exact) mass is 497 g/mol. The Morgan fingerprint density at radius 3 is 2.55 bits per heavy atom. The molecule has 0 saturated heterocycles. The lowest BCUT2D eigenvalue weighted by Crippen LogP contribution is -2.28. The van der Waals surface area contributed by atoms with E-state index < -0.39 is 6.04 Å². The molecule has 0 spiro atoms. The van der Waals surface area contributed by atoms with Gasteiger partial charge in [0, 0.05) is 22.8 Å². The van der Waals surface area contributed by atoms with Crippen LogP contribution >= 0.6 is 46.6 Å². The van der Waals surface area contributed by atoms with Crippen LogP contribution in [-0.2, 0) is 11.8 Å². The van der Waals surface area contributed by atoms with Crippen LogP contribution in [0.3, 0.4) is 0 Å². The average Bonchev–Trinajstić information content (AvgIpc) is 3.06. The van der Waals surface area contributed by atoms with Crippen LogP contribution in [0.4, 0.5) is 5.69 Å². The molecular formula is C20H18Cl3N5O2S. The Morgan fingerprint density at radius 1 is 1.10 bits per heavy atom. The molecule has 0 saturated carbocycles. The van der Waals surface area contributed by atoms with Crippen LogP contribution in [0.2, 0.25) is 15.1 Å². The molecule has 0 unspecified atom stereocenters. The summed E-state index contributed by atoms with van der Waals surface area (Å²) >= 11 is 19.1. The lowest BCUT2D eigenvalue weighted by Gasteiger charge is -2.14. The summed E-state index contributed by atoms with van der Waals surface area (Å²) < 4.78 is 1.73. The molecule has 2 amide bonds. The highest BCUT2D eigenvalue weighted by Gasteiger charge is 2.20. The van der Waals surface area contributed by atoms with Crippen LogP contribution in [0, 0.1) is 0 Å². The minimum Gasteiger partial charge on any atom is -0.342 e. The number of aromatic nitrogens is 3. The van der Waals surface area contributed by atoms with Gasteiger partial charge < -0.3 is 15.2 Å². The van der Waals surface area contributed by atoms with Crippen LogP contribution in [0.25, 0.3) is 0 Å². The maximum absolute atomic E-state index is 12.5. The molecule has 0 bridgehead atoms. The van der Waals surface area contributed by atoms with Crippen molar-refractivity contribution in [3.8, 4) is 0 Å². The highest BCUT2D eigenvalue weighted by molar-refractivity contribution is 7.99. The summed E-state index contributed by atoms with van der Waals surface area (Å²) in [7, 11) is 1.77. The van der Waals surface area contributed by atoms with Gasteiger partial charge in [-0.15, -0.1) is 10.2 Å². The fourth-order valence-electron chi connectivity index (χ4n) is 2.73. The molecule has 1 heterocycles. The van der Waals surface area contributed by atoms with Gasteiger partial charge in [0.25, 0.3) is 5.91 Å². The molecule has 0 aliphatic carbocycles. The standard InChI is InChI=1S/C20H18Cl3N5O2S/c1-11(24-19(30)15-7-6-13(22)9-16(15)23)18-26-27-20(28(18)2)31-10-17(29)25-14-5-3-4-12(21)8-14/h3-9,11H,10H2,1-2H3,(H,24,30)(H,25,29)/t11-/m0/s1. The number of carbonyl (C=O) groups is 2. The largest absolute Gasteiger partial charge is 0.342 e. The highest BCUT2D eigenvalue weighted by Crippen LogP contribution is 2.23. The molecule has 2 aromatic carbocycles. The van der Waals surface area contributed by atoms with Crippen LogP contribution in [0.15, 0.2) is 47.6 Å². The van der Waals surface area contributed by atoms with Crippen molar-refractivity contribution in [2.45, 2.75) is 18.1 Å². The Bertz CT molecular complexity index is 1120. The summed E-state index contributed by atoms with van der Waals surface area (Å²) in [6, 6.07) is 11.1. The second-order valence-corrected chi connectivity index (χ2v) is 8.79. The topological polar surface area (TPSA) is 88.9 Å². The zero-order valence-electron chi connectivity index (χ0n) is 16.5. The van der Waals surface area contributed by atoms with Crippen molar-refractivity contribution < 1.29 is 9.59 Å². The molecule has 31 heavy (non-hydrogen) atoms. The maximum atomic E-state index is 12.5. The first-order valence-electron chi connectivity index (χ1n) is 9.08. The molecule has 0 aliphatic rings. The number of hydrogen-bond donors (Lipinski definition) is 2. The van der Waals surface area contributed by atoms with Gasteiger partial charge in [-0.2, -0.15) is 0 Å². The minimum atomic E-state index is -0.439. The highest BCUT2D eigenvalue weighted by atomic mass is 35.5. The van der Waals surface area contributed by atoms with Crippen molar-refractivity contribution >= 4 is 64.1 Å². The maximum Gasteiger partial charge on any atom is 0.253 e. The second kappa shape index (κ2) is 10.4. The van der Waals surface area contributed by atoms with E-state index in [0.717, 1.165) is 0 Å². The number of anilines is 1. The quantitative estimate of drug-likeness (QED) is 0.448. The van der Waals surface area contributed by atoms with E-state index in [1.54, 1.807) is 54.9 Å². The van der Waals surface area contributed by atoms with E-state index in [2.05, 4.69) is 20.8 Å². The lowest BCUT2D eigenvalue weighted by molar-refractivity contribution is -0.113. The molecule has 3 rings (SSSR count). The minimum absolute atomic E-state index is 0.139. The summed E-state index contributed by atoms with van der Waals surface area (Å²) in [5.41, 5.74) is 0.932. The van der Waals surface area contributed by atoms with E-state index in [1.165, 1.54) is 17.8 Å². The van der Waals surface area contributed by atoms with Gasteiger partial charge in [-0.3, -0.25) is 9.59 Å². The predicted molar refractivity (Wildman–Crippen MR) is 124 cm³/mol.